The number of hydrogen-bond acceptors (Lipinski definition) is 2. The van der Waals surface area contributed by atoms with Gasteiger partial charge in [-0.2, -0.15) is 5.10 Å². The molecule has 0 bridgehead atoms. The summed E-state index contributed by atoms with van der Waals surface area (Å²) in [6.07, 6.45) is 1.20. The second-order valence-corrected chi connectivity index (χ2v) is 7.56. The molecule has 0 unspecified atom stereocenters. The van der Waals surface area contributed by atoms with Crippen molar-refractivity contribution >= 4 is 16.8 Å². The Bertz CT molecular complexity index is 1150. The van der Waals surface area contributed by atoms with E-state index in [0.717, 1.165) is 45.7 Å². The van der Waals surface area contributed by atoms with E-state index >= 15 is 0 Å². The number of fused-ring (bicyclic) bond motifs is 1. The fourth-order valence-electron chi connectivity index (χ4n) is 3.83. The van der Waals surface area contributed by atoms with Crippen LogP contribution in [-0.2, 0) is 17.6 Å². The van der Waals surface area contributed by atoms with Gasteiger partial charge in [-0.15, -0.1) is 0 Å². The van der Waals surface area contributed by atoms with Gasteiger partial charge in [0, 0.05) is 28.8 Å². The summed E-state index contributed by atoms with van der Waals surface area (Å²) >= 11 is 0. The van der Waals surface area contributed by atoms with E-state index in [1.54, 1.807) is 0 Å². The Morgan fingerprint density at radius 3 is 2.55 bits per heavy atom. The van der Waals surface area contributed by atoms with Crippen LogP contribution in [0.3, 0.4) is 0 Å². The van der Waals surface area contributed by atoms with Gasteiger partial charge >= 0.3 is 0 Å². The Morgan fingerprint density at radius 2 is 1.83 bits per heavy atom. The van der Waals surface area contributed by atoms with Crippen molar-refractivity contribution in [1.82, 2.24) is 20.1 Å². The Morgan fingerprint density at radius 1 is 1.07 bits per heavy atom. The van der Waals surface area contributed by atoms with Crippen LogP contribution in [0.2, 0.25) is 0 Å². The molecular formula is C24H26N4O. The minimum atomic E-state index is 0.0529. The minimum absolute atomic E-state index is 0.0529. The molecule has 1 amide bonds. The average Bonchev–Trinajstić information content (AvgIpc) is 3.21. The predicted molar refractivity (Wildman–Crippen MR) is 116 cm³/mol. The predicted octanol–water partition coefficient (Wildman–Crippen LogP) is 4.18. The number of para-hydroxylation sites is 1. The Kier molecular flexibility index (Phi) is 5.21. The quantitative estimate of drug-likeness (QED) is 0.522. The SMILES string of the molecule is Cc1cc(C)n(-c2ccc(CCNC(=O)Cc3c(C)[nH]c4ccccc34)cc2)n1. The number of aryl methyl sites for hydroxylation is 3. The van der Waals surface area contributed by atoms with Crippen LogP contribution in [0.25, 0.3) is 16.6 Å². The summed E-state index contributed by atoms with van der Waals surface area (Å²) in [5.74, 6) is 0.0529. The molecule has 4 aromatic rings. The zero-order valence-electron chi connectivity index (χ0n) is 17.1. The molecule has 2 aromatic carbocycles. The number of aromatic amines is 1. The number of nitrogens with zero attached hydrogens (tertiary/aromatic N) is 2. The summed E-state index contributed by atoms with van der Waals surface area (Å²) in [7, 11) is 0. The van der Waals surface area contributed by atoms with Gasteiger partial charge in [0.15, 0.2) is 0 Å². The molecule has 4 rings (SSSR count). The van der Waals surface area contributed by atoms with E-state index < -0.39 is 0 Å². The monoisotopic (exact) mass is 386 g/mol. The summed E-state index contributed by atoms with van der Waals surface area (Å²) in [5, 5.41) is 8.69. The first kappa shape index (κ1) is 19.0. The summed E-state index contributed by atoms with van der Waals surface area (Å²) in [4.78, 5) is 15.8. The molecule has 148 valence electrons. The summed E-state index contributed by atoms with van der Waals surface area (Å²) < 4.78 is 1.95. The first-order chi connectivity index (χ1) is 14.0. The van der Waals surface area contributed by atoms with Crippen LogP contribution in [0.1, 0.15) is 28.2 Å². The molecule has 0 fully saturated rings. The molecule has 5 heteroatoms. The highest BCUT2D eigenvalue weighted by Gasteiger charge is 2.12. The van der Waals surface area contributed by atoms with E-state index in [-0.39, 0.29) is 5.91 Å². The highest BCUT2D eigenvalue weighted by Crippen LogP contribution is 2.22. The van der Waals surface area contributed by atoms with Crippen molar-refractivity contribution in [1.29, 1.82) is 0 Å². The Hall–Kier alpha value is -3.34. The van der Waals surface area contributed by atoms with Crippen molar-refractivity contribution in [2.24, 2.45) is 0 Å². The smallest absolute Gasteiger partial charge is 0.224 e. The van der Waals surface area contributed by atoms with Crippen molar-refractivity contribution in [3.8, 4) is 5.69 Å². The van der Waals surface area contributed by atoms with Gasteiger partial charge in [0.25, 0.3) is 0 Å². The third-order valence-corrected chi connectivity index (χ3v) is 5.29. The molecule has 0 spiro atoms. The number of hydrogen-bond donors (Lipinski definition) is 2. The number of benzene rings is 2. The minimum Gasteiger partial charge on any atom is -0.358 e. The fraction of sp³-hybridized carbons (Fsp3) is 0.250. The van der Waals surface area contributed by atoms with Crippen LogP contribution >= 0.6 is 0 Å². The number of H-pyrrole nitrogens is 1. The largest absolute Gasteiger partial charge is 0.358 e. The second kappa shape index (κ2) is 7.95. The van der Waals surface area contributed by atoms with Crippen LogP contribution in [-0.4, -0.2) is 27.2 Å². The lowest BCUT2D eigenvalue weighted by Gasteiger charge is -2.08. The van der Waals surface area contributed by atoms with Crippen molar-refractivity contribution in [2.75, 3.05) is 6.54 Å². The van der Waals surface area contributed by atoms with E-state index in [1.165, 1.54) is 5.56 Å². The van der Waals surface area contributed by atoms with Crippen molar-refractivity contribution in [3.63, 3.8) is 0 Å². The molecule has 2 aromatic heterocycles. The average molecular weight is 386 g/mol. The number of carbonyl (C=O) groups is 1. The van der Waals surface area contributed by atoms with Gasteiger partial charge in [-0.25, -0.2) is 4.68 Å². The molecule has 0 aliphatic heterocycles. The third-order valence-electron chi connectivity index (χ3n) is 5.29. The van der Waals surface area contributed by atoms with E-state index in [4.69, 9.17) is 0 Å². The van der Waals surface area contributed by atoms with Gasteiger partial charge in [-0.1, -0.05) is 30.3 Å². The molecule has 0 saturated heterocycles. The van der Waals surface area contributed by atoms with Crippen LogP contribution in [0.4, 0.5) is 0 Å². The van der Waals surface area contributed by atoms with Gasteiger partial charge in [-0.3, -0.25) is 4.79 Å². The normalized spacial score (nSPS) is 11.1. The van der Waals surface area contributed by atoms with E-state index in [1.807, 2.05) is 36.7 Å². The molecule has 0 radical (unpaired) electrons. The number of carbonyl (C=O) groups excluding carboxylic acids is 1. The lowest BCUT2D eigenvalue weighted by Crippen LogP contribution is -2.27. The molecule has 0 aliphatic carbocycles. The zero-order valence-corrected chi connectivity index (χ0v) is 17.1. The molecule has 5 nitrogen and oxygen atoms in total. The third kappa shape index (κ3) is 4.09. The maximum Gasteiger partial charge on any atom is 0.224 e. The lowest BCUT2D eigenvalue weighted by molar-refractivity contribution is -0.120. The van der Waals surface area contributed by atoms with E-state index in [0.29, 0.717) is 13.0 Å². The van der Waals surface area contributed by atoms with Gasteiger partial charge in [0.2, 0.25) is 5.91 Å². The van der Waals surface area contributed by atoms with Crippen molar-refractivity contribution < 1.29 is 4.79 Å². The second-order valence-electron chi connectivity index (χ2n) is 7.56. The molecule has 0 aliphatic rings. The van der Waals surface area contributed by atoms with E-state index in [2.05, 4.69) is 58.7 Å². The molecule has 2 N–H and O–H groups in total. The van der Waals surface area contributed by atoms with Crippen LogP contribution in [0, 0.1) is 20.8 Å². The van der Waals surface area contributed by atoms with Gasteiger partial charge in [0.05, 0.1) is 17.8 Å². The van der Waals surface area contributed by atoms with E-state index in [9.17, 15) is 4.79 Å². The molecule has 0 atom stereocenters. The lowest BCUT2D eigenvalue weighted by atomic mass is 10.1. The van der Waals surface area contributed by atoms with Crippen LogP contribution in [0.15, 0.2) is 54.6 Å². The van der Waals surface area contributed by atoms with Gasteiger partial charge in [0.1, 0.15) is 0 Å². The van der Waals surface area contributed by atoms with Crippen LogP contribution in [0.5, 0.6) is 0 Å². The van der Waals surface area contributed by atoms with Crippen molar-refractivity contribution in [3.05, 3.63) is 82.8 Å². The standard InChI is InChI=1S/C24H26N4O/c1-16-14-17(2)28(27-16)20-10-8-19(9-11-20)12-13-25-24(29)15-22-18(3)26-23-7-5-4-6-21(22)23/h4-11,14,26H,12-13,15H2,1-3H3,(H,25,29). The molecule has 2 heterocycles. The molecular weight excluding hydrogens is 360 g/mol. The first-order valence-corrected chi connectivity index (χ1v) is 9.97. The zero-order chi connectivity index (χ0) is 20.4. The maximum atomic E-state index is 12.4. The molecule has 29 heavy (non-hydrogen) atoms. The van der Waals surface area contributed by atoms with Gasteiger partial charge in [-0.05, 0) is 62.6 Å². The van der Waals surface area contributed by atoms with Crippen molar-refractivity contribution in [2.45, 2.75) is 33.6 Å². The topological polar surface area (TPSA) is 62.7 Å². The Labute approximate surface area is 170 Å². The molecule has 0 saturated carbocycles. The van der Waals surface area contributed by atoms with Gasteiger partial charge < -0.3 is 10.3 Å². The summed E-state index contributed by atoms with van der Waals surface area (Å²) in [5.41, 5.74) is 7.59. The highest BCUT2D eigenvalue weighted by atomic mass is 16.1. The highest BCUT2D eigenvalue weighted by molar-refractivity contribution is 5.90. The number of rotatable bonds is 6. The first-order valence-electron chi connectivity index (χ1n) is 9.97. The fourth-order valence-corrected chi connectivity index (χ4v) is 3.83. The number of nitrogens with one attached hydrogen (secondary N) is 2. The number of amides is 1. The Balaban J connectivity index is 1.33. The number of aromatic nitrogens is 3. The van der Waals surface area contributed by atoms with Crippen LogP contribution < -0.4 is 5.32 Å². The summed E-state index contributed by atoms with van der Waals surface area (Å²) in [6, 6.07) is 18.5. The maximum absolute atomic E-state index is 12.4. The summed E-state index contributed by atoms with van der Waals surface area (Å²) in [6.45, 7) is 6.70.